The van der Waals surface area contributed by atoms with Crippen LogP contribution in [0.5, 0.6) is 0 Å². The number of halogens is 1. The topological polar surface area (TPSA) is 56.6 Å². The minimum absolute atomic E-state index is 0.00357. The molecule has 4 heteroatoms. The van der Waals surface area contributed by atoms with Gasteiger partial charge in [-0.25, -0.2) is 4.39 Å². The highest BCUT2D eigenvalue weighted by molar-refractivity contribution is 5.70. The summed E-state index contributed by atoms with van der Waals surface area (Å²) < 4.78 is 13.5. The quantitative estimate of drug-likeness (QED) is 0.835. The zero-order chi connectivity index (χ0) is 13.3. The lowest BCUT2D eigenvalue weighted by Crippen LogP contribution is -2.12. The second-order valence-electron chi connectivity index (χ2n) is 4.15. The minimum Gasteiger partial charge on any atom is -0.325 e. The van der Waals surface area contributed by atoms with Gasteiger partial charge in [-0.3, -0.25) is 4.79 Å². The first-order valence-corrected chi connectivity index (χ1v) is 5.43. The van der Waals surface area contributed by atoms with Gasteiger partial charge in [0.15, 0.2) is 0 Å². The Labute approximate surface area is 104 Å². The van der Waals surface area contributed by atoms with E-state index < -0.39 is 5.56 Å². The largest absolute Gasteiger partial charge is 0.325 e. The lowest BCUT2D eigenvalue weighted by molar-refractivity contribution is 0.619. The third kappa shape index (κ3) is 2.03. The molecule has 0 spiro atoms. The molecule has 0 aliphatic heterocycles. The van der Waals surface area contributed by atoms with Gasteiger partial charge in [0.2, 0.25) is 0 Å². The lowest BCUT2D eigenvalue weighted by Gasteiger charge is -2.06. The summed E-state index contributed by atoms with van der Waals surface area (Å²) in [5.74, 6) is -0.352. The highest BCUT2D eigenvalue weighted by Gasteiger charge is 2.11. The Morgan fingerprint density at radius 1 is 1.28 bits per heavy atom. The highest BCUT2D eigenvalue weighted by atomic mass is 19.1. The molecule has 0 saturated heterocycles. The number of hydrogen-bond donors (Lipinski definition) is 1. The molecule has 0 bridgehead atoms. The van der Waals surface area contributed by atoms with Crippen molar-refractivity contribution in [3.8, 4) is 17.2 Å². The second kappa shape index (κ2) is 4.46. The summed E-state index contributed by atoms with van der Waals surface area (Å²) >= 11 is 0. The predicted molar refractivity (Wildman–Crippen MR) is 66.6 cm³/mol. The Morgan fingerprint density at radius 2 is 2.00 bits per heavy atom. The predicted octanol–water partition coefficient (Wildman–Crippen LogP) is 2.67. The molecule has 0 radical (unpaired) electrons. The van der Waals surface area contributed by atoms with E-state index in [1.54, 1.807) is 32.0 Å². The molecule has 0 aliphatic rings. The van der Waals surface area contributed by atoms with E-state index in [9.17, 15) is 9.18 Å². The first kappa shape index (κ1) is 12.1. The third-order valence-electron chi connectivity index (χ3n) is 2.76. The number of nitriles is 1. The molecule has 1 heterocycles. The maximum Gasteiger partial charge on any atom is 0.266 e. The van der Waals surface area contributed by atoms with Crippen molar-refractivity contribution in [2.45, 2.75) is 13.8 Å². The average molecular weight is 242 g/mol. The molecule has 2 aromatic rings. The number of nitrogens with one attached hydrogen (secondary N) is 1. The van der Waals surface area contributed by atoms with Crippen LogP contribution in [0.2, 0.25) is 0 Å². The summed E-state index contributed by atoms with van der Waals surface area (Å²) in [6.07, 6.45) is 0. The molecule has 0 aliphatic carbocycles. The summed E-state index contributed by atoms with van der Waals surface area (Å²) in [7, 11) is 0. The first-order valence-electron chi connectivity index (χ1n) is 5.43. The van der Waals surface area contributed by atoms with E-state index in [1.807, 2.05) is 6.07 Å². The van der Waals surface area contributed by atoms with E-state index in [0.29, 0.717) is 22.4 Å². The Bertz CT molecular complexity index is 711. The van der Waals surface area contributed by atoms with Crippen LogP contribution in [0.1, 0.15) is 16.8 Å². The van der Waals surface area contributed by atoms with Crippen LogP contribution in [0.3, 0.4) is 0 Å². The van der Waals surface area contributed by atoms with Gasteiger partial charge in [0.1, 0.15) is 17.4 Å². The van der Waals surface area contributed by atoms with Crippen LogP contribution < -0.4 is 5.56 Å². The number of rotatable bonds is 1. The minimum atomic E-state index is -0.450. The molecule has 90 valence electrons. The molecule has 0 amide bonds. The van der Waals surface area contributed by atoms with Gasteiger partial charge < -0.3 is 4.98 Å². The fourth-order valence-electron chi connectivity index (χ4n) is 1.79. The molecule has 3 nitrogen and oxygen atoms in total. The number of aromatic nitrogens is 1. The number of hydrogen-bond acceptors (Lipinski definition) is 2. The van der Waals surface area contributed by atoms with E-state index in [2.05, 4.69) is 4.98 Å². The van der Waals surface area contributed by atoms with Gasteiger partial charge in [0, 0.05) is 11.3 Å². The van der Waals surface area contributed by atoms with E-state index in [1.165, 1.54) is 6.07 Å². The SMILES string of the molecule is Cc1cc(-c2ccc(C)c(F)c2)c(C#N)c(=O)[nH]1. The molecule has 0 unspecified atom stereocenters. The summed E-state index contributed by atoms with van der Waals surface area (Å²) in [4.78, 5) is 14.2. The van der Waals surface area contributed by atoms with Gasteiger partial charge in [0.25, 0.3) is 5.56 Å². The van der Waals surface area contributed by atoms with E-state index >= 15 is 0 Å². The van der Waals surface area contributed by atoms with Gasteiger partial charge in [-0.1, -0.05) is 12.1 Å². The van der Waals surface area contributed by atoms with Crippen molar-refractivity contribution in [3.05, 3.63) is 57.3 Å². The molecule has 1 N–H and O–H groups in total. The lowest BCUT2D eigenvalue weighted by atomic mass is 10.00. The number of pyridine rings is 1. The summed E-state index contributed by atoms with van der Waals surface area (Å²) in [5, 5.41) is 9.01. The van der Waals surface area contributed by atoms with Crippen molar-refractivity contribution < 1.29 is 4.39 Å². The number of nitrogens with zero attached hydrogens (tertiary/aromatic N) is 1. The Morgan fingerprint density at radius 3 is 2.61 bits per heavy atom. The summed E-state index contributed by atoms with van der Waals surface area (Å²) in [5.41, 5.74) is 1.70. The van der Waals surface area contributed by atoms with Crippen LogP contribution in [-0.4, -0.2) is 4.98 Å². The van der Waals surface area contributed by atoms with Crippen molar-refractivity contribution in [2.24, 2.45) is 0 Å². The Kier molecular flexibility index (Phi) is 2.99. The third-order valence-corrected chi connectivity index (χ3v) is 2.76. The van der Waals surface area contributed by atoms with Crippen molar-refractivity contribution in [1.29, 1.82) is 5.26 Å². The van der Waals surface area contributed by atoms with Crippen LogP contribution in [-0.2, 0) is 0 Å². The van der Waals surface area contributed by atoms with Crippen molar-refractivity contribution in [3.63, 3.8) is 0 Å². The number of benzene rings is 1. The molecule has 1 aromatic heterocycles. The highest BCUT2D eigenvalue weighted by Crippen LogP contribution is 2.23. The van der Waals surface area contributed by atoms with Gasteiger partial charge in [-0.05, 0) is 37.1 Å². The number of aryl methyl sites for hydroxylation is 2. The average Bonchev–Trinajstić information content (AvgIpc) is 2.32. The van der Waals surface area contributed by atoms with Crippen LogP contribution in [0.4, 0.5) is 4.39 Å². The van der Waals surface area contributed by atoms with Crippen LogP contribution in [0.25, 0.3) is 11.1 Å². The molecule has 18 heavy (non-hydrogen) atoms. The standard InChI is InChI=1S/C14H11FN2O/c1-8-3-4-10(6-13(8)15)11-5-9(2)17-14(18)12(11)7-16/h3-6H,1-2H3,(H,17,18). The number of H-pyrrole nitrogens is 1. The maximum atomic E-state index is 13.5. The smallest absolute Gasteiger partial charge is 0.266 e. The molecule has 0 saturated carbocycles. The van der Waals surface area contributed by atoms with E-state index in [-0.39, 0.29) is 11.4 Å². The van der Waals surface area contributed by atoms with Gasteiger partial charge in [-0.15, -0.1) is 0 Å². The molecule has 0 atom stereocenters. The van der Waals surface area contributed by atoms with Gasteiger partial charge in [0.05, 0.1) is 0 Å². The van der Waals surface area contributed by atoms with E-state index in [0.717, 1.165) is 0 Å². The summed E-state index contributed by atoms with van der Waals surface area (Å²) in [6, 6.07) is 8.19. The monoisotopic (exact) mass is 242 g/mol. The Balaban J connectivity index is 2.75. The van der Waals surface area contributed by atoms with E-state index in [4.69, 9.17) is 5.26 Å². The fourth-order valence-corrected chi connectivity index (χ4v) is 1.79. The van der Waals surface area contributed by atoms with Crippen molar-refractivity contribution >= 4 is 0 Å². The summed E-state index contributed by atoms with van der Waals surface area (Å²) in [6.45, 7) is 3.38. The molecule has 0 fully saturated rings. The molecular weight excluding hydrogens is 231 g/mol. The zero-order valence-electron chi connectivity index (χ0n) is 10.0. The Hall–Kier alpha value is -2.41. The first-order chi connectivity index (χ1) is 8.52. The van der Waals surface area contributed by atoms with Crippen molar-refractivity contribution in [2.75, 3.05) is 0 Å². The number of aromatic amines is 1. The van der Waals surface area contributed by atoms with Gasteiger partial charge >= 0.3 is 0 Å². The molecule has 1 aromatic carbocycles. The maximum absolute atomic E-state index is 13.5. The fraction of sp³-hybridized carbons (Fsp3) is 0.143. The zero-order valence-corrected chi connectivity index (χ0v) is 10.0. The van der Waals surface area contributed by atoms with Crippen LogP contribution in [0.15, 0.2) is 29.1 Å². The normalized spacial score (nSPS) is 10.1. The van der Waals surface area contributed by atoms with Crippen LogP contribution in [0, 0.1) is 31.0 Å². The van der Waals surface area contributed by atoms with Crippen LogP contribution >= 0.6 is 0 Å². The second-order valence-corrected chi connectivity index (χ2v) is 4.15. The molecule has 2 rings (SSSR count). The molecular formula is C14H11FN2O. The van der Waals surface area contributed by atoms with Gasteiger partial charge in [-0.2, -0.15) is 5.26 Å². The van der Waals surface area contributed by atoms with Crippen molar-refractivity contribution in [1.82, 2.24) is 4.98 Å².